The maximum atomic E-state index is 11.9. The number of benzene rings is 1. The van der Waals surface area contributed by atoms with E-state index < -0.39 is 0 Å². The molecule has 0 saturated carbocycles. The summed E-state index contributed by atoms with van der Waals surface area (Å²) >= 11 is 1.79. The van der Waals surface area contributed by atoms with Crippen LogP contribution < -0.4 is 10.2 Å². The zero-order valence-corrected chi connectivity index (χ0v) is 17.1. The minimum absolute atomic E-state index is 0. The van der Waals surface area contributed by atoms with E-state index in [1.165, 1.54) is 23.2 Å². The standard InChI is InChI=1S/C19H29N3OS.ClH/c1-4-5-9-19(20-18(23)14-24-19)22-12-10-21(11-13-22)17-8-6-7-15(2)16(17)3;/h6-8H,4-5,9-14H2,1-3H3,(H,20,23);1H. The van der Waals surface area contributed by atoms with Crippen LogP contribution in [0.2, 0.25) is 0 Å². The first-order valence-electron chi connectivity index (χ1n) is 9.07. The molecule has 25 heavy (non-hydrogen) atoms. The number of amides is 1. The Kier molecular flexibility index (Phi) is 7.06. The first kappa shape index (κ1) is 20.4. The van der Waals surface area contributed by atoms with Crippen molar-refractivity contribution in [3.63, 3.8) is 0 Å². The summed E-state index contributed by atoms with van der Waals surface area (Å²) in [5.74, 6) is 0.786. The highest BCUT2D eigenvalue weighted by atomic mass is 35.5. The van der Waals surface area contributed by atoms with Gasteiger partial charge < -0.3 is 10.2 Å². The molecule has 4 nitrogen and oxygen atoms in total. The molecular formula is C19H30ClN3OS. The van der Waals surface area contributed by atoms with Crippen molar-refractivity contribution in [2.45, 2.75) is 45.0 Å². The smallest absolute Gasteiger partial charge is 0.232 e. The highest BCUT2D eigenvalue weighted by Gasteiger charge is 2.44. The molecular weight excluding hydrogens is 354 g/mol. The molecule has 1 atom stereocenters. The number of rotatable bonds is 5. The van der Waals surface area contributed by atoms with Crippen LogP contribution in [0.25, 0.3) is 0 Å². The fourth-order valence-electron chi connectivity index (χ4n) is 3.74. The molecule has 0 bridgehead atoms. The average molecular weight is 384 g/mol. The number of carbonyl (C=O) groups is 1. The van der Waals surface area contributed by atoms with Gasteiger partial charge in [-0.3, -0.25) is 9.69 Å². The van der Waals surface area contributed by atoms with Crippen molar-refractivity contribution in [1.82, 2.24) is 10.2 Å². The third-order valence-electron chi connectivity index (χ3n) is 5.35. The van der Waals surface area contributed by atoms with E-state index >= 15 is 0 Å². The van der Waals surface area contributed by atoms with Gasteiger partial charge in [0.15, 0.2) is 0 Å². The first-order chi connectivity index (χ1) is 11.6. The first-order valence-corrected chi connectivity index (χ1v) is 10.1. The van der Waals surface area contributed by atoms with Gasteiger partial charge in [-0.15, -0.1) is 24.2 Å². The maximum Gasteiger partial charge on any atom is 0.232 e. The van der Waals surface area contributed by atoms with E-state index in [0.29, 0.717) is 5.75 Å². The maximum absolute atomic E-state index is 11.9. The van der Waals surface area contributed by atoms with E-state index in [0.717, 1.165) is 39.0 Å². The lowest BCUT2D eigenvalue weighted by atomic mass is 10.1. The highest BCUT2D eigenvalue weighted by molar-refractivity contribution is 8.01. The molecule has 0 spiro atoms. The molecule has 2 fully saturated rings. The van der Waals surface area contributed by atoms with Crippen molar-refractivity contribution < 1.29 is 4.79 Å². The third-order valence-corrected chi connectivity index (χ3v) is 6.80. The number of hydrogen-bond donors (Lipinski definition) is 1. The molecule has 140 valence electrons. The summed E-state index contributed by atoms with van der Waals surface area (Å²) in [6, 6.07) is 6.57. The molecule has 0 aliphatic carbocycles. The Bertz CT molecular complexity index is 604. The molecule has 1 N–H and O–H groups in total. The van der Waals surface area contributed by atoms with Gasteiger partial charge in [0.05, 0.1) is 5.75 Å². The molecule has 2 aliphatic heterocycles. The van der Waals surface area contributed by atoms with Crippen LogP contribution in [-0.4, -0.2) is 47.7 Å². The zero-order valence-electron chi connectivity index (χ0n) is 15.5. The Morgan fingerprint density at radius 1 is 1.20 bits per heavy atom. The number of piperazine rings is 1. The number of anilines is 1. The number of unbranched alkanes of at least 4 members (excludes halogenated alkanes) is 1. The summed E-state index contributed by atoms with van der Waals surface area (Å²) in [6.07, 6.45) is 3.37. The zero-order chi connectivity index (χ0) is 17.2. The van der Waals surface area contributed by atoms with E-state index in [4.69, 9.17) is 0 Å². The SMILES string of the molecule is CCCCC1(N2CCN(c3cccc(C)c3C)CC2)NC(=O)CS1.Cl. The van der Waals surface area contributed by atoms with Crippen LogP contribution in [0, 0.1) is 13.8 Å². The van der Waals surface area contributed by atoms with Gasteiger partial charge in [-0.1, -0.05) is 25.5 Å². The van der Waals surface area contributed by atoms with Gasteiger partial charge in [0, 0.05) is 31.9 Å². The lowest BCUT2D eigenvalue weighted by molar-refractivity contribution is -0.120. The lowest BCUT2D eigenvalue weighted by Gasteiger charge is -2.46. The molecule has 2 heterocycles. The van der Waals surface area contributed by atoms with Crippen molar-refractivity contribution in [1.29, 1.82) is 0 Å². The summed E-state index contributed by atoms with van der Waals surface area (Å²) in [5.41, 5.74) is 4.10. The normalized spacial score (nSPS) is 24.1. The van der Waals surface area contributed by atoms with Crippen LogP contribution in [0.5, 0.6) is 0 Å². The third kappa shape index (κ3) is 4.26. The molecule has 3 rings (SSSR count). The number of nitrogens with one attached hydrogen (secondary N) is 1. The van der Waals surface area contributed by atoms with E-state index in [2.05, 4.69) is 54.1 Å². The fraction of sp³-hybridized carbons (Fsp3) is 0.632. The molecule has 0 radical (unpaired) electrons. The lowest BCUT2D eigenvalue weighted by Crippen LogP contribution is -2.60. The summed E-state index contributed by atoms with van der Waals surface area (Å²) in [4.78, 5) is 16.7. The summed E-state index contributed by atoms with van der Waals surface area (Å²) in [5, 5.41) is 3.28. The Labute approximate surface area is 162 Å². The number of carbonyl (C=O) groups excluding carboxylic acids is 1. The van der Waals surface area contributed by atoms with Crippen molar-refractivity contribution in [2.75, 3.05) is 36.8 Å². The van der Waals surface area contributed by atoms with Crippen molar-refractivity contribution in [3.8, 4) is 0 Å². The number of aryl methyl sites for hydroxylation is 1. The van der Waals surface area contributed by atoms with Gasteiger partial charge >= 0.3 is 0 Å². The summed E-state index contributed by atoms with van der Waals surface area (Å²) in [7, 11) is 0. The Morgan fingerprint density at radius 3 is 2.52 bits per heavy atom. The van der Waals surface area contributed by atoms with Crippen LogP contribution in [0.15, 0.2) is 18.2 Å². The van der Waals surface area contributed by atoms with Crippen LogP contribution >= 0.6 is 24.2 Å². The second-order valence-electron chi connectivity index (χ2n) is 6.92. The van der Waals surface area contributed by atoms with Gasteiger partial charge in [0.2, 0.25) is 5.91 Å². The van der Waals surface area contributed by atoms with Crippen molar-refractivity contribution >= 4 is 35.8 Å². The predicted octanol–water partition coefficient (Wildman–Crippen LogP) is 3.55. The fourth-order valence-corrected chi connectivity index (χ4v) is 5.02. The minimum Gasteiger partial charge on any atom is -0.369 e. The predicted molar refractivity (Wildman–Crippen MR) is 110 cm³/mol. The summed E-state index contributed by atoms with van der Waals surface area (Å²) in [6.45, 7) is 10.7. The van der Waals surface area contributed by atoms with Gasteiger partial charge in [-0.05, 0) is 43.9 Å². The Hall–Kier alpha value is -0.910. The van der Waals surface area contributed by atoms with Crippen molar-refractivity contribution in [3.05, 3.63) is 29.3 Å². The van der Waals surface area contributed by atoms with Crippen LogP contribution in [0.1, 0.15) is 37.3 Å². The number of thioether (sulfide) groups is 1. The van der Waals surface area contributed by atoms with Gasteiger partial charge in [0.25, 0.3) is 0 Å². The van der Waals surface area contributed by atoms with Crippen LogP contribution in [-0.2, 0) is 4.79 Å². The highest BCUT2D eigenvalue weighted by Crippen LogP contribution is 2.37. The second-order valence-corrected chi connectivity index (χ2v) is 8.17. The average Bonchev–Trinajstić information content (AvgIpc) is 2.98. The second kappa shape index (κ2) is 8.65. The number of halogens is 1. The molecule has 1 aromatic carbocycles. The number of hydrogen-bond acceptors (Lipinski definition) is 4. The molecule has 0 aromatic heterocycles. The van der Waals surface area contributed by atoms with E-state index in [-0.39, 0.29) is 23.3 Å². The molecule has 2 aliphatic rings. The van der Waals surface area contributed by atoms with E-state index in [9.17, 15) is 4.79 Å². The van der Waals surface area contributed by atoms with Crippen LogP contribution in [0.4, 0.5) is 5.69 Å². The molecule has 6 heteroatoms. The van der Waals surface area contributed by atoms with E-state index in [1.54, 1.807) is 11.8 Å². The van der Waals surface area contributed by atoms with Gasteiger partial charge in [-0.25, -0.2) is 0 Å². The summed E-state index contributed by atoms with van der Waals surface area (Å²) < 4.78 is 0. The topological polar surface area (TPSA) is 35.6 Å². The number of nitrogens with zero attached hydrogens (tertiary/aromatic N) is 2. The van der Waals surface area contributed by atoms with E-state index in [1.807, 2.05) is 0 Å². The molecule has 1 unspecified atom stereocenters. The molecule has 1 aromatic rings. The Balaban J connectivity index is 0.00000225. The quantitative estimate of drug-likeness (QED) is 0.843. The monoisotopic (exact) mass is 383 g/mol. The largest absolute Gasteiger partial charge is 0.369 e. The minimum atomic E-state index is -0.166. The Morgan fingerprint density at radius 2 is 1.92 bits per heavy atom. The van der Waals surface area contributed by atoms with Gasteiger partial charge in [-0.2, -0.15) is 0 Å². The molecule has 1 amide bonds. The van der Waals surface area contributed by atoms with Gasteiger partial charge in [0.1, 0.15) is 4.99 Å². The van der Waals surface area contributed by atoms with Crippen LogP contribution in [0.3, 0.4) is 0 Å². The van der Waals surface area contributed by atoms with Crippen molar-refractivity contribution in [2.24, 2.45) is 0 Å². The molecule has 2 saturated heterocycles.